The Hall–Kier alpha value is -1.99. The van der Waals surface area contributed by atoms with Gasteiger partial charge < -0.3 is 15.2 Å². The summed E-state index contributed by atoms with van der Waals surface area (Å²) in [5.41, 5.74) is 0.271. The summed E-state index contributed by atoms with van der Waals surface area (Å²) in [4.78, 5) is 16.0. The zero-order chi connectivity index (χ0) is 14.8. The van der Waals surface area contributed by atoms with Crippen LogP contribution in [0.3, 0.4) is 0 Å². The number of rotatable bonds is 3. The number of hydrogen-bond acceptors (Lipinski definition) is 5. The molecule has 1 unspecified atom stereocenters. The van der Waals surface area contributed by atoms with Gasteiger partial charge in [0.1, 0.15) is 5.82 Å². The highest BCUT2D eigenvalue weighted by Gasteiger charge is 2.24. The lowest BCUT2D eigenvalue weighted by molar-refractivity contribution is 0.101. The summed E-state index contributed by atoms with van der Waals surface area (Å²) in [6.45, 7) is 0.888. The Labute approximate surface area is 124 Å². The Bertz CT molecular complexity index is 670. The van der Waals surface area contributed by atoms with Gasteiger partial charge in [0.15, 0.2) is 0 Å². The summed E-state index contributed by atoms with van der Waals surface area (Å²) in [7, 11) is 0. The fourth-order valence-corrected chi connectivity index (χ4v) is 2.24. The average molecular weight is 311 g/mol. The van der Waals surface area contributed by atoms with E-state index in [4.69, 9.17) is 16.1 Å². The lowest BCUT2D eigenvalue weighted by Crippen LogP contribution is -2.15. The molecule has 0 radical (unpaired) electrons. The van der Waals surface area contributed by atoms with E-state index in [2.05, 4.69) is 20.8 Å². The number of benzene rings is 1. The number of halogens is 2. The van der Waals surface area contributed by atoms with Gasteiger partial charge in [0.2, 0.25) is 5.89 Å². The van der Waals surface area contributed by atoms with Gasteiger partial charge in [0, 0.05) is 5.69 Å². The Morgan fingerprint density at radius 2 is 2.38 bits per heavy atom. The van der Waals surface area contributed by atoms with E-state index in [0.29, 0.717) is 5.89 Å². The Balaban J connectivity index is 1.71. The van der Waals surface area contributed by atoms with Crippen LogP contribution in [0.5, 0.6) is 0 Å². The zero-order valence-electron chi connectivity index (χ0n) is 10.9. The molecule has 1 aliphatic rings. The second-order valence-corrected chi connectivity index (χ2v) is 5.10. The molecular weight excluding hydrogens is 299 g/mol. The smallest absolute Gasteiger partial charge is 0.297 e. The third-order valence-electron chi connectivity index (χ3n) is 3.18. The molecule has 1 atom stereocenters. The van der Waals surface area contributed by atoms with Crippen molar-refractivity contribution in [3.63, 3.8) is 0 Å². The molecule has 1 fully saturated rings. The first kappa shape index (κ1) is 14.0. The van der Waals surface area contributed by atoms with Crippen molar-refractivity contribution < 1.29 is 13.7 Å². The third-order valence-corrected chi connectivity index (χ3v) is 3.49. The average Bonchev–Trinajstić information content (AvgIpc) is 3.12. The monoisotopic (exact) mass is 310 g/mol. The normalized spacial score (nSPS) is 17.9. The van der Waals surface area contributed by atoms with Crippen LogP contribution in [0.4, 0.5) is 10.1 Å². The van der Waals surface area contributed by atoms with Crippen molar-refractivity contribution in [1.82, 2.24) is 15.5 Å². The molecular formula is C13H12ClFN4O2. The van der Waals surface area contributed by atoms with Crippen molar-refractivity contribution in [3.8, 4) is 0 Å². The summed E-state index contributed by atoms with van der Waals surface area (Å²) in [5, 5.41) is 9.31. The predicted octanol–water partition coefficient (Wildman–Crippen LogP) is 2.54. The highest BCUT2D eigenvalue weighted by Crippen LogP contribution is 2.22. The molecule has 0 bridgehead atoms. The van der Waals surface area contributed by atoms with E-state index in [1.165, 1.54) is 12.1 Å². The van der Waals surface area contributed by atoms with Gasteiger partial charge in [-0.2, -0.15) is 4.98 Å². The van der Waals surface area contributed by atoms with Gasteiger partial charge in [-0.3, -0.25) is 4.79 Å². The van der Waals surface area contributed by atoms with Crippen LogP contribution in [-0.2, 0) is 0 Å². The molecule has 1 aromatic heterocycles. The van der Waals surface area contributed by atoms with Crippen LogP contribution in [0, 0.1) is 5.82 Å². The molecule has 1 aromatic carbocycles. The molecule has 1 saturated heterocycles. The molecule has 0 aliphatic carbocycles. The molecule has 0 saturated carbocycles. The van der Waals surface area contributed by atoms with E-state index in [9.17, 15) is 9.18 Å². The van der Waals surface area contributed by atoms with Crippen molar-refractivity contribution in [1.29, 1.82) is 0 Å². The van der Waals surface area contributed by atoms with E-state index in [1.54, 1.807) is 0 Å². The maximum Gasteiger partial charge on any atom is 0.297 e. The van der Waals surface area contributed by atoms with Gasteiger partial charge in [-0.15, -0.1) is 0 Å². The Kier molecular flexibility index (Phi) is 3.85. The van der Waals surface area contributed by atoms with Crippen LogP contribution in [0.1, 0.15) is 35.4 Å². The second kappa shape index (κ2) is 5.79. The summed E-state index contributed by atoms with van der Waals surface area (Å²) in [6, 6.07) is 3.96. The number of anilines is 1. The standard InChI is InChI=1S/C13H12ClFN4O2/c14-8-4-3-7(6-9(8)15)17-12(20)11-18-13(21-19-11)10-2-1-5-16-10/h3-4,6,10,16H,1-2,5H2,(H,17,20). The lowest BCUT2D eigenvalue weighted by Gasteiger charge is -2.03. The first-order valence-electron chi connectivity index (χ1n) is 6.47. The maximum absolute atomic E-state index is 13.3. The molecule has 21 heavy (non-hydrogen) atoms. The van der Waals surface area contributed by atoms with Crippen LogP contribution in [0.2, 0.25) is 5.02 Å². The van der Waals surface area contributed by atoms with Crippen molar-refractivity contribution in [2.45, 2.75) is 18.9 Å². The first-order valence-corrected chi connectivity index (χ1v) is 6.84. The summed E-state index contributed by atoms with van der Waals surface area (Å²) < 4.78 is 18.4. The molecule has 110 valence electrons. The van der Waals surface area contributed by atoms with E-state index in [0.717, 1.165) is 25.5 Å². The van der Waals surface area contributed by atoms with Gasteiger partial charge in [-0.25, -0.2) is 4.39 Å². The van der Waals surface area contributed by atoms with Crippen molar-refractivity contribution >= 4 is 23.2 Å². The third kappa shape index (κ3) is 3.03. The minimum atomic E-state index is -0.613. The van der Waals surface area contributed by atoms with Crippen molar-refractivity contribution in [2.75, 3.05) is 11.9 Å². The fraction of sp³-hybridized carbons (Fsp3) is 0.308. The molecule has 2 heterocycles. The first-order chi connectivity index (χ1) is 10.1. The molecule has 1 amide bonds. The fourth-order valence-electron chi connectivity index (χ4n) is 2.13. The van der Waals surface area contributed by atoms with Gasteiger partial charge in [-0.1, -0.05) is 16.8 Å². The van der Waals surface area contributed by atoms with E-state index < -0.39 is 11.7 Å². The van der Waals surface area contributed by atoms with Gasteiger partial charge in [-0.05, 0) is 37.6 Å². The molecule has 2 N–H and O–H groups in total. The van der Waals surface area contributed by atoms with Crippen LogP contribution < -0.4 is 10.6 Å². The van der Waals surface area contributed by atoms with Crippen molar-refractivity contribution in [2.24, 2.45) is 0 Å². The molecule has 6 nitrogen and oxygen atoms in total. The summed E-state index contributed by atoms with van der Waals surface area (Å²) in [6.07, 6.45) is 1.92. The summed E-state index contributed by atoms with van der Waals surface area (Å²) in [5.74, 6) is -0.878. The quantitative estimate of drug-likeness (QED) is 0.910. The number of aromatic nitrogens is 2. The van der Waals surface area contributed by atoms with Crippen molar-refractivity contribution in [3.05, 3.63) is 40.8 Å². The molecule has 2 aromatic rings. The van der Waals surface area contributed by atoms with Crippen LogP contribution in [0.25, 0.3) is 0 Å². The van der Waals surface area contributed by atoms with E-state index in [1.807, 2.05) is 0 Å². The van der Waals surface area contributed by atoms with E-state index >= 15 is 0 Å². The minimum absolute atomic E-state index is 0.00738. The second-order valence-electron chi connectivity index (χ2n) is 4.69. The number of nitrogens with one attached hydrogen (secondary N) is 2. The highest BCUT2D eigenvalue weighted by molar-refractivity contribution is 6.30. The van der Waals surface area contributed by atoms with Gasteiger partial charge >= 0.3 is 0 Å². The number of carbonyl (C=O) groups is 1. The van der Waals surface area contributed by atoms with Crippen LogP contribution in [0.15, 0.2) is 22.7 Å². The minimum Gasteiger partial charge on any atom is -0.337 e. The summed E-state index contributed by atoms with van der Waals surface area (Å²) >= 11 is 5.58. The Morgan fingerprint density at radius 1 is 1.52 bits per heavy atom. The largest absolute Gasteiger partial charge is 0.337 e. The van der Waals surface area contributed by atoms with Gasteiger partial charge in [0.05, 0.1) is 11.1 Å². The SMILES string of the molecule is O=C(Nc1ccc(Cl)c(F)c1)c1noc(C2CCCN2)n1. The number of nitrogens with zero attached hydrogens (tertiary/aromatic N) is 2. The van der Waals surface area contributed by atoms with Crippen LogP contribution in [-0.4, -0.2) is 22.6 Å². The zero-order valence-corrected chi connectivity index (χ0v) is 11.7. The molecule has 1 aliphatic heterocycles. The number of carbonyl (C=O) groups excluding carboxylic acids is 1. The molecule has 0 spiro atoms. The molecule has 8 heteroatoms. The number of amides is 1. The molecule has 3 rings (SSSR count). The highest BCUT2D eigenvalue weighted by atomic mass is 35.5. The maximum atomic E-state index is 13.3. The lowest BCUT2D eigenvalue weighted by atomic mass is 10.2. The predicted molar refractivity (Wildman–Crippen MR) is 73.6 cm³/mol. The number of hydrogen-bond donors (Lipinski definition) is 2. The Morgan fingerprint density at radius 3 is 3.10 bits per heavy atom. The van der Waals surface area contributed by atoms with Gasteiger partial charge in [0.25, 0.3) is 11.7 Å². The van der Waals surface area contributed by atoms with E-state index in [-0.39, 0.29) is 22.6 Å². The topological polar surface area (TPSA) is 80.0 Å². The van der Waals surface area contributed by atoms with Crippen LogP contribution >= 0.6 is 11.6 Å².